The van der Waals surface area contributed by atoms with Crippen LogP contribution >= 0.6 is 34.8 Å². The average molecular weight is 280 g/mol. The smallest absolute Gasteiger partial charge is 0.333 e. The van der Waals surface area contributed by atoms with Gasteiger partial charge in [0.2, 0.25) is 0 Å². The van der Waals surface area contributed by atoms with Crippen molar-refractivity contribution in [1.82, 2.24) is 0 Å². The molecule has 1 aromatic rings. The number of carboxylic acids is 1. The Morgan fingerprint density at radius 1 is 1.44 bits per heavy atom. The van der Waals surface area contributed by atoms with E-state index in [-0.39, 0.29) is 5.57 Å². The molecule has 1 atom stereocenters. The van der Waals surface area contributed by atoms with E-state index in [2.05, 4.69) is 0 Å². The Bertz CT molecular complexity index is 439. The summed E-state index contributed by atoms with van der Waals surface area (Å²) in [6.45, 7) is 1.58. The van der Waals surface area contributed by atoms with Crippen molar-refractivity contribution in [1.29, 1.82) is 0 Å². The predicted octanol–water partition coefficient (Wildman–Crippen LogP) is 4.09. The molecule has 0 bridgehead atoms. The van der Waals surface area contributed by atoms with E-state index >= 15 is 0 Å². The van der Waals surface area contributed by atoms with Crippen molar-refractivity contribution in [2.24, 2.45) is 0 Å². The predicted molar refractivity (Wildman–Crippen MR) is 67.4 cm³/mol. The molecule has 0 amide bonds. The number of alkyl halides is 1. The Hall–Kier alpha value is -0.700. The van der Waals surface area contributed by atoms with Gasteiger partial charge in [-0.2, -0.15) is 0 Å². The fourth-order valence-corrected chi connectivity index (χ4v) is 1.66. The fraction of sp³-hybridized carbons (Fsp3) is 0.182. The molecule has 86 valence electrons. The van der Waals surface area contributed by atoms with E-state index in [4.69, 9.17) is 39.9 Å². The van der Waals surface area contributed by atoms with Crippen LogP contribution in [-0.4, -0.2) is 16.5 Å². The van der Waals surface area contributed by atoms with Gasteiger partial charge in [-0.05, 0) is 24.6 Å². The van der Waals surface area contributed by atoms with E-state index in [1.165, 1.54) is 6.08 Å². The molecule has 16 heavy (non-hydrogen) atoms. The van der Waals surface area contributed by atoms with E-state index in [9.17, 15) is 4.79 Å². The van der Waals surface area contributed by atoms with Crippen molar-refractivity contribution in [2.45, 2.75) is 12.3 Å². The van der Waals surface area contributed by atoms with E-state index in [1.54, 1.807) is 25.1 Å². The summed E-state index contributed by atoms with van der Waals surface area (Å²) in [6.07, 6.45) is 1.42. The Morgan fingerprint density at radius 2 is 2.06 bits per heavy atom. The first-order valence-corrected chi connectivity index (χ1v) is 5.65. The number of hydrogen-bond donors (Lipinski definition) is 1. The van der Waals surface area contributed by atoms with Crippen molar-refractivity contribution >= 4 is 46.8 Å². The molecule has 0 radical (unpaired) electrons. The quantitative estimate of drug-likeness (QED) is 0.668. The van der Waals surface area contributed by atoms with E-state index in [0.717, 1.165) is 0 Å². The number of aliphatic carboxylic acids is 1. The molecular weight excluding hydrogens is 270 g/mol. The summed E-state index contributed by atoms with van der Waals surface area (Å²) < 4.78 is 0. The maximum Gasteiger partial charge on any atom is 0.333 e. The molecule has 0 heterocycles. The lowest BCUT2D eigenvalue weighted by Crippen LogP contribution is -2.09. The minimum absolute atomic E-state index is 0.0748. The van der Waals surface area contributed by atoms with Gasteiger partial charge < -0.3 is 5.11 Å². The zero-order chi connectivity index (χ0) is 12.3. The number of hydrogen-bond acceptors (Lipinski definition) is 1. The molecule has 0 saturated heterocycles. The largest absolute Gasteiger partial charge is 0.478 e. The lowest BCUT2D eigenvalue weighted by atomic mass is 10.1. The molecular formula is C11H9Cl3O2. The van der Waals surface area contributed by atoms with Crippen LogP contribution in [0.15, 0.2) is 23.8 Å². The lowest BCUT2D eigenvalue weighted by Gasteiger charge is -2.06. The Kier molecular flexibility index (Phi) is 4.66. The highest BCUT2D eigenvalue weighted by atomic mass is 35.5. The highest BCUT2D eigenvalue weighted by Gasteiger charge is 2.14. The van der Waals surface area contributed by atoms with Crippen LogP contribution < -0.4 is 0 Å². The number of benzene rings is 1. The molecule has 1 aromatic carbocycles. The first-order valence-electron chi connectivity index (χ1n) is 4.46. The summed E-state index contributed by atoms with van der Waals surface area (Å²) in [5.74, 6) is -1.07. The standard InChI is InChI=1S/C11H9Cl3O2/c1-6(12)8(11(15)16)5-7-3-2-4-9(13)10(7)14/h2-6H,1H3,(H,15,16). The summed E-state index contributed by atoms with van der Waals surface area (Å²) in [5.41, 5.74) is 0.616. The van der Waals surface area contributed by atoms with Crippen LogP contribution in [0.5, 0.6) is 0 Å². The van der Waals surface area contributed by atoms with Gasteiger partial charge in [0.25, 0.3) is 0 Å². The van der Waals surface area contributed by atoms with E-state index in [0.29, 0.717) is 15.6 Å². The second kappa shape index (κ2) is 5.58. The molecule has 0 spiro atoms. The molecule has 0 aliphatic rings. The lowest BCUT2D eigenvalue weighted by molar-refractivity contribution is -0.132. The zero-order valence-corrected chi connectivity index (χ0v) is 10.6. The molecule has 0 saturated carbocycles. The molecule has 1 unspecified atom stereocenters. The van der Waals surface area contributed by atoms with Crippen LogP contribution in [0.25, 0.3) is 6.08 Å². The zero-order valence-electron chi connectivity index (χ0n) is 8.38. The third-order valence-corrected chi connectivity index (χ3v) is 3.04. The van der Waals surface area contributed by atoms with Crippen LogP contribution in [0.4, 0.5) is 0 Å². The molecule has 0 aliphatic heterocycles. The van der Waals surface area contributed by atoms with Gasteiger partial charge in [-0.3, -0.25) is 0 Å². The molecule has 5 heteroatoms. The highest BCUT2D eigenvalue weighted by Crippen LogP contribution is 2.28. The van der Waals surface area contributed by atoms with Crippen molar-refractivity contribution in [2.75, 3.05) is 0 Å². The summed E-state index contributed by atoms with van der Waals surface area (Å²) in [5, 5.41) is 9.03. The minimum Gasteiger partial charge on any atom is -0.478 e. The van der Waals surface area contributed by atoms with Gasteiger partial charge in [0.15, 0.2) is 0 Å². The summed E-state index contributed by atoms with van der Waals surface area (Å²) in [7, 11) is 0. The Labute approximate surface area is 108 Å². The normalized spacial score (nSPS) is 13.6. The van der Waals surface area contributed by atoms with Gasteiger partial charge in [0.1, 0.15) is 0 Å². The van der Waals surface area contributed by atoms with Gasteiger partial charge >= 0.3 is 5.97 Å². The molecule has 2 nitrogen and oxygen atoms in total. The third-order valence-electron chi connectivity index (χ3n) is 1.97. The molecule has 0 aliphatic carbocycles. The average Bonchev–Trinajstić information content (AvgIpc) is 2.19. The van der Waals surface area contributed by atoms with Gasteiger partial charge in [-0.15, -0.1) is 11.6 Å². The van der Waals surface area contributed by atoms with Crippen LogP contribution in [0, 0.1) is 0 Å². The Balaban J connectivity index is 3.23. The van der Waals surface area contributed by atoms with Gasteiger partial charge in [-0.1, -0.05) is 35.3 Å². The second-order valence-electron chi connectivity index (χ2n) is 3.16. The van der Waals surface area contributed by atoms with Crippen LogP contribution in [0.2, 0.25) is 10.0 Å². The van der Waals surface area contributed by atoms with Gasteiger partial charge in [0, 0.05) is 0 Å². The summed E-state index contributed by atoms with van der Waals surface area (Å²) in [6, 6.07) is 5.00. The number of carboxylic acid groups (broad SMARTS) is 1. The van der Waals surface area contributed by atoms with Crippen molar-refractivity contribution in [3.05, 3.63) is 39.4 Å². The van der Waals surface area contributed by atoms with Crippen LogP contribution in [0.3, 0.4) is 0 Å². The monoisotopic (exact) mass is 278 g/mol. The van der Waals surface area contributed by atoms with E-state index < -0.39 is 11.3 Å². The van der Waals surface area contributed by atoms with Crippen molar-refractivity contribution in [3.8, 4) is 0 Å². The first-order chi connectivity index (χ1) is 7.43. The number of carbonyl (C=O) groups is 1. The van der Waals surface area contributed by atoms with Crippen molar-refractivity contribution in [3.63, 3.8) is 0 Å². The topological polar surface area (TPSA) is 37.3 Å². The number of halogens is 3. The summed E-state index contributed by atoms with van der Waals surface area (Å²) >= 11 is 17.5. The number of rotatable bonds is 3. The molecule has 0 aromatic heterocycles. The van der Waals surface area contributed by atoms with Crippen LogP contribution in [0.1, 0.15) is 12.5 Å². The van der Waals surface area contributed by atoms with E-state index in [1.807, 2.05) is 0 Å². The van der Waals surface area contributed by atoms with Gasteiger partial charge in [0.05, 0.1) is 21.0 Å². The molecule has 1 rings (SSSR count). The Morgan fingerprint density at radius 3 is 2.56 bits per heavy atom. The molecule has 0 fully saturated rings. The molecule has 1 N–H and O–H groups in total. The van der Waals surface area contributed by atoms with Crippen LogP contribution in [-0.2, 0) is 4.79 Å². The van der Waals surface area contributed by atoms with Crippen molar-refractivity contribution < 1.29 is 9.90 Å². The SMILES string of the molecule is CC(Cl)C(=Cc1cccc(Cl)c1Cl)C(=O)O. The fourth-order valence-electron chi connectivity index (χ4n) is 1.15. The summed E-state index contributed by atoms with van der Waals surface area (Å²) in [4.78, 5) is 10.9. The second-order valence-corrected chi connectivity index (χ2v) is 4.60. The third kappa shape index (κ3) is 3.14. The highest BCUT2D eigenvalue weighted by molar-refractivity contribution is 6.43. The maximum absolute atomic E-state index is 10.9. The minimum atomic E-state index is -1.07. The maximum atomic E-state index is 10.9. The first kappa shape index (κ1) is 13.4. The van der Waals surface area contributed by atoms with Gasteiger partial charge in [-0.25, -0.2) is 4.79 Å².